The molecule has 0 saturated carbocycles. The number of anilines is 2. The topological polar surface area (TPSA) is 101 Å². The van der Waals surface area contributed by atoms with Crippen molar-refractivity contribution in [3.63, 3.8) is 0 Å². The van der Waals surface area contributed by atoms with Crippen LogP contribution < -0.4 is 16.0 Å². The molecule has 4 rings (SSSR count). The molecule has 0 aliphatic carbocycles. The molecule has 0 unspecified atom stereocenters. The van der Waals surface area contributed by atoms with Gasteiger partial charge < -0.3 is 10.6 Å². The molecule has 0 aliphatic heterocycles. The molecule has 0 radical (unpaired) electrons. The van der Waals surface area contributed by atoms with Crippen LogP contribution in [-0.2, 0) is 6.54 Å². The molecule has 8 nitrogen and oxygen atoms in total. The maximum absolute atomic E-state index is 12.5. The quantitative estimate of drug-likeness (QED) is 0.442. The number of thiophene rings is 1. The van der Waals surface area contributed by atoms with Crippen molar-refractivity contribution in [2.75, 3.05) is 10.6 Å². The van der Waals surface area contributed by atoms with Gasteiger partial charge in [-0.3, -0.25) is 14.7 Å². The Morgan fingerprint density at radius 3 is 2.40 bits per heavy atom. The molecule has 0 fully saturated rings. The molecule has 2 heterocycles. The van der Waals surface area contributed by atoms with E-state index in [4.69, 9.17) is 0 Å². The molecular formula is C21H18N6O2S. The molecule has 0 spiro atoms. The van der Waals surface area contributed by atoms with Crippen LogP contribution in [-0.4, -0.2) is 26.7 Å². The van der Waals surface area contributed by atoms with Gasteiger partial charge in [0.15, 0.2) is 5.82 Å². The second kappa shape index (κ2) is 9.01. The molecular weight excluding hydrogens is 400 g/mol. The van der Waals surface area contributed by atoms with E-state index >= 15 is 0 Å². The van der Waals surface area contributed by atoms with Gasteiger partial charge in [0.25, 0.3) is 5.91 Å². The van der Waals surface area contributed by atoms with E-state index in [1.54, 1.807) is 30.6 Å². The Labute approximate surface area is 176 Å². The molecule has 3 N–H and O–H groups in total. The van der Waals surface area contributed by atoms with Gasteiger partial charge in [-0.25, -0.2) is 4.79 Å². The summed E-state index contributed by atoms with van der Waals surface area (Å²) in [5.41, 5.74) is 1.60. The molecule has 3 amide bonds. The van der Waals surface area contributed by atoms with Gasteiger partial charge >= 0.3 is 6.03 Å². The number of hydrogen-bond acceptors (Lipinski definition) is 5. The van der Waals surface area contributed by atoms with Crippen molar-refractivity contribution >= 4 is 34.0 Å². The van der Waals surface area contributed by atoms with E-state index in [1.807, 2.05) is 53.1 Å². The highest BCUT2D eigenvalue weighted by Gasteiger charge is 2.13. The van der Waals surface area contributed by atoms with Crippen molar-refractivity contribution in [2.45, 2.75) is 6.54 Å². The van der Waals surface area contributed by atoms with Gasteiger partial charge in [-0.15, -0.1) is 21.5 Å². The van der Waals surface area contributed by atoms with Crippen LogP contribution in [0.3, 0.4) is 0 Å². The largest absolute Gasteiger partial charge is 0.344 e. The Kier molecular flexibility index (Phi) is 5.81. The van der Waals surface area contributed by atoms with Crippen LogP contribution in [0.4, 0.5) is 15.5 Å². The summed E-state index contributed by atoms with van der Waals surface area (Å²) >= 11 is 1.19. The van der Waals surface area contributed by atoms with Crippen molar-refractivity contribution in [1.29, 1.82) is 0 Å². The number of aromatic nitrogens is 3. The van der Waals surface area contributed by atoms with E-state index in [0.29, 0.717) is 21.4 Å². The summed E-state index contributed by atoms with van der Waals surface area (Å²) in [5.74, 6) is 0.367. The Bertz CT molecular complexity index is 1140. The maximum Gasteiger partial charge on any atom is 0.324 e. The zero-order valence-electron chi connectivity index (χ0n) is 15.8. The number of nitrogens with zero attached hydrogens (tertiary/aromatic N) is 3. The normalized spacial score (nSPS) is 10.4. The van der Waals surface area contributed by atoms with E-state index in [2.05, 4.69) is 26.1 Å². The average Bonchev–Trinajstić information content (AvgIpc) is 3.43. The number of amides is 3. The highest BCUT2D eigenvalue weighted by atomic mass is 32.1. The fourth-order valence-electron chi connectivity index (χ4n) is 2.75. The van der Waals surface area contributed by atoms with Gasteiger partial charge in [-0.1, -0.05) is 36.4 Å². The summed E-state index contributed by atoms with van der Waals surface area (Å²) in [7, 11) is 0. The highest BCUT2D eigenvalue weighted by Crippen LogP contribution is 2.22. The number of carbonyl (C=O) groups is 2. The number of urea groups is 1. The monoisotopic (exact) mass is 418 g/mol. The first-order valence-corrected chi connectivity index (χ1v) is 9.96. The van der Waals surface area contributed by atoms with Gasteiger partial charge in [-0.2, -0.15) is 0 Å². The first kappa shape index (κ1) is 19.3. The lowest BCUT2D eigenvalue weighted by atomic mass is 10.3. The van der Waals surface area contributed by atoms with Crippen LogP contribution in [0.5, 0.6) is 0 Å². The van der Waals surface area contributed by atoms with Crippen LogP contribution in [0.2, 0.25) is 0 Å². The molecule has 0 saturated heterocycles. The minimum atomic E-state index is -0.369. The number of hydrogen-bond donors (Lipinski definition) is 3. The van der Waals surface area contributed by atoms with Crippen LogP contribution in [0.25, 0.3) is 5.69 Å². The van der Waals surface area contributed by atoms with Gasteiger partial charge in [0.05, 0.1) is 16.4 Å². The van der Waals surface area contributed by atoms with Crippen molar-refractivity contribution in [1.82, 2.24) is 20.1 Å². The van der Waals surface area contributed by atoms with Crippen molar-refractivity contribution in [3.8, 4) is 5.69 Å². The third-order valence-corrected chi connectivity index (χ3v) is 5.16. The third-order valence-electron chi connectivity index (χ3n) is 4.16. The SMILES string of the molecule is O=C(Nc1ccccc1)Nc1ccc(C(=O)NCc2nncn2-c2ccccc2)s1. The fourth-order valence-corrected chi connectivity index (χ4v) is 3.57. The number of rotatable bonds is 6. The summed E-state index contributed by atoms with van der Waals surface area (Å²) in [6.45, 7) is 0.225. The second-order valence-corrected chi connectivity index (χ2v) is 7.33. The first-order valence-electron chi connectivity index (χ1n) is 9.14. The van der Waals surface area contributed by atoms with E-state index in [9.17, 15) is 9.59 Å². The molecule has 4 aromatic rings. The summed E-state index contributed by atoms with van der Waals surface area (Å²) in [5, 5.41) is 16.9. The molecule has 150 valence electrons. The lowest BCUT2D eigenvalue weighted by Crippen LogP contribution is -2.23. The first-order chi connectivity index (χ1) is 14.7. The zero-order valence-corrected chi connectivity index (χ0v) is 16.6. The average molecular weight is 418 g/mol. The van der Waals surface area contributed by atoms with Gasteiger partial charge in [-0.05, 0) is 36.4 Å². The minimum absolute atomic E-state index is 0.225. The molecule has 2 aromatic carbocycles. The zero-order chi connectivity index (χ0) is 20.8. The third kappa shape index (κ3) is 4.70. The molecule has 9 heteroatoms. The van der Waals surface area contributed by atoms with Gasteiger partial charge in [0.1, 0.15) is 6.33 Å². The Morgan fingerprint density at radius 1 is 0.900 bits per heavy atom. The smallest absolute Gasteiger partial charge is 0.324 e. The summed E-state index contributed by atoms with van der Waals surface area (Å²) in [6.07, 6.45) is 1.61. The van der Waals surface area contributed by atoms with Gasteiger partial charge in [0, 0.05) is 11.4 Å². The Balaban J connectivity index is 1.34. The summed E-state index contributed by atoms with van der Waals surface area (Å²) < 4.78 is 1.82. The van der Waals surface area contributed by atoms with Crippen LogP contribution >= 0.6 is 11.3 Å². The predicted molar refractivity (Wildman–Crippen MR) is 116 cm³/mol. The van der Waals surface area contributed by atoms with E-state index in [1.165, 1.54) is 11.3 Å². The Morgan fingerprint density at radius 2 is 1.63 bits per heavy atom. The van der Waals surface area contributed by atoms with Crippen molar-refractivity contribution in [3.05, 3.63) is 89.8 Å². The van der Waals surface area contributed by atoms with Crippen LogP contribution in [0.1, 0.15) is 15.5 Å². The molecule has 0 bridgehead atoms. The number of nitrogens with one attached hydrogen (secondary N) is 3. The number of benzene rings is 2. The van der Waals surface area contributed by atoms with Crippen LogP contribution in [0, 0.1) is 0 Å². The van der Waals surface area contributed by atoms with Gasteiger partial charge in [0.2, 0.25) is 0 Å². The predicted octanol–water partition coefficient (Wildman–Crippen LogP) is 3.90. The minimum Gasteiger partial charge on any atom is -0.344 e. The fraction of sp³-hybridized carbons (Fsp3) is 0.0476. The van der Waals surface area contributed by atoms with Crippen molar-refractivity contribution in [2.24, 2.45) is 0 Å². The van der Waals surface area contributed by atoms with E-state index < -0.39 is 0 Å². The summed E-state index contributed by atoms with van der Waals surface area (Å²) in [4.78, 5) is 25.1. The molecule has 0 atom stereocenters. The number of carbonyl (C=O) groups excluding carboxylic acids is 2. The molecule has 2 aromatic heterocycles. The lowest BCUT2D eigenvalue weighted by Gasteiger charge is -2.07. The van der Waals surface area contributed by atoms with Crippen molar-refractivity contribution < 1.29 is 9.59 Å². The second-order valence-electron chi connectivity index (χ2n) is 6.24. The Hall–Kier alpha value is -3.98. The highest BCUT2D eigenvalue weighted by molar-refractivity contribution is 7.18. The van der Waals surface area contributed by atoms with Crippen LogP contribution in [0.15, 0.2) is 79.1 Å². The molecule has 30 heavy (non-hydrogen) atoms. The maximum atomic E-state index is 12.5. The lowest BCUT2D eigenvalue weighted by molar-refractivity contribution is 0.0953. The van der Waals surface area contributed by atoms with E-state index in [0.717, 1.165) is 5.69 Å². The molecule has 0 aliphatic rings. The van der Waals surface area contributed by atoms with E-state index in [-0.39, 0.29) is 18.5 Å². The number of para-hydroxylation sites is 2. The summed E-state index contributed by atoms with van der Waals surface area (Å²) in [6, 6.07) is 21.8. The standard InChI is InChI=1S/C21H18N6O2S/c28-20(22-13-18-26-23-14-27(18)16-9-5-2-6-10-16)17-11-12-19(30-17)25-21(29)24-15-7-3-1-4-8-15/h1-12,14H,13H2,(H,22,28)(H2,24,25,29).